The van der Waals surface area contributed by atoms with Gasteiger partial charge in [-0.05, 0) is 23.6 Å². The summed E-state index contributed by atoms with van der Waals surface area (Å²) in [4.78, 5) is 19.0. The van der Waals surface area contributed by atoms with Crippen molar-refractivity contribution in [2.75, 3.05) is 13.2 Å². The SMILES string of the molecule is CCC(NC(=O)c1c(OCCNCc2ccccc2)c(-c2ccccc2)nc2ccccc12)c1ccccc1. The van der Waals surface area contributed by atoms with Crippen molar-refractivity contribution in [2.24, 2.45) is 0 Å². The van der Waals surface area contributed by atoms with Crippen LogP contribution in [0.4, 0.5) is 0 Å². The highest BCUT2D eigenvalue weighted by molar-refractivity contribution is 6.10. The second-order valence-corrected chi connectivity index (χ2v) is 9.40. The molecule has 0 aliphatic carbocycles. The standard InChI is InChI=1S/C34H33N3O2/c1-2-29(26-16-8-4-9-17-26)37-34(38)31-28-20-12-13-21-30(28)36-32(27-18-10-5-11-19-27)33(31)39-23-22-35-24-25-14-6-3-7-15-25/h3-21,29,35H,2,22-24H2,1H3,(H,37,38). The van der Waals surface area contributed by atoms with Crippen molar-refractivity contribution in [3.05, 3.63) is 132 Å². The molecule has 0 bridgehead atoms. The molecule has 1 amide bonds. The van der Waals surface area contributed by atoms with Crippen LogP contribution in [0.1, 0.15) is 40.9 Å². The lowest BCUT2D eigenvalue weighted by molar-refractivity contribution is 0.0933. The van der Waals surface area contributed by atoms with E-state index >= 15 is 0 Å². The first-order chi connectivity index (χ1) is 19.2. The minimum atomic E-state index is -0.172. The fourth-order valence-corrected chi connectivity index (χ4v) is 4.74. The van der Waals surface area contributed by atoms with Gasteiger partial charge in [-0.15, -0.1) is 0 Å². The number of fused-ring (bicyclic) bond motifs is 1. The van der Waals surface area contributed by atoms with E-state index in [1.165, 1.54) is 5.56 Å². The molecule has 2 N–H and O–H groups in total. The summed E-state index contributed by atoms with van der Waals surface area (Å²) in [5.74, 6) is 0.329. The van der Waals surface area contributed by atoms with Gasteiger partial charge in [0.15, 0.2) is 5.75 Å². The molecule has 0 spiro atoms. The van der Waals surface area contributed by atoms with Gasteiger partial charge in [-0.3, -0.25) is 4.79 Å². The maximum Gasteiger partial charge on any atom is 0.256 e. The van der Waals surface area contributed by atoms with Crippen molar-refractivity contribution >= 4 is 16.8 Å². The number of ether oxygens (including phenoxy) is 1. The molecule has 1 atom stereocenters. The van der Waals surface area contributed by atoms with Gasteiger partial charge < -0.3 is 15.4 Å². The van der Waals surface area contributed by atoms with Crippen molar-refractivity contribution in [3.8, 4) is 17.0 Å². The summed E-state index contributed by atoms with van der Waals surface area (Å²) in [7, 11) is 0. The van der Waals surface area contributed by atoms with Crippen molar-refractivity contribution in [2.45, 2.75) is 25.9 Å². The lowest BCUT2D eigenvalue weighted by Gasteiger charge is -2.21. The molecule has 0 radical (unpaired) electrons. The highest BCUT2D eigenvalue weighted by Gasteiger charge is 2.25. The number of amides is 1. The van der Waals surface area contributed by atoms with Crippen LogP contribution in [0.15, 0.2) is 115 Å². The van der Waals surface area contributed by atoms with Gasteiger partial charge in [0, 0.05) is 24.0 Å². The number of nitrogens with one attached hydrogen (secondary N) is 2. The van der Waals surface area contributed by atoms with E-state index in [1.54, 1.807) is 0 Å². The first-order valence-corrected chi connectivity index (χ1v) is 13.5. The number of carbonyl (C=O) groups excluding carboxylic acids is 1. The zero-order valence-corrected chi connectivity index (χ0v) is 22.1. The Balaban J connectivity index is 1.49. The highest BCUT2D eigenvalue weighted by Crippen LogP contribution is 2.37. The van der Waals surface area contributed by atoms with Gasteiger partial charge >= 0.3 is 0 Å². The molecule has 0 fully saturated rings. The third-order valence-electron chi connectivity index (χ3n) is 6.73. The lowest BCUT2D eigenvalue weighted by Crippen LogP contribution is -2.29. The van der Waals surface area contributed by atoms with E-state index in [0.29, 0.717) is 30.2 Å². The third kappa shape index (κ3) is 6.33. The quantitative estimate of drug-likeness (QED) is 0.187. The van der Waals surface area contributed by atoms with Crippen molar-refractivity contribution < 1.29 is 9.53 Å². The van der Waals surface area contributed by atoms with Crippen LogP contribution in [-0.2, 0) is 6.54 Å². The van der Waals surface area contributed by atoms with E-state index in [-0.39, 0.29) is 11.9 Å². The topological polar surface area (TPSA) is 63.2 Å². The van der Waals surface area contributed by atoms with Crippen LogP contribution < -0.4 is 15.4 Å². The number of hydrogen-bond acceptors (Lipinski definition) is 4. The Labute approximate surface area is 229 Å². The summed E-state index contributed by atoms with van der Waals surface area (Å²) in [6, 6.07) is 37.9. The summed E-state index contributed by atoms with van der Waals surface area (Å²) in [6.07, 6.45) is 0.768. The van der Waals surface area contributed by atoms with Crippen LogP contribution in [0.3, 0.4) is 0 Å². The maximum absolute atomic E-state index is 14.0. The minimum Gasteiger partial charge on any atom is -0.489 e. The molecule has 5 nitrogen and oxygen atoms in total. The number of aromatic nitrogens is 1. The molecule has 5 heteroatoms. The molecule has 0 aliphatic rings. The Morgan fingerprint density at radius 3 is 2.18 bits per heavy atom. The Bertz CT molecular complexity index is 1510. The normalized spacial score (nSPS) is 11.7. The number of pyridine rings is 1. The van der Waals surface area contributed by atoms with E-state index in [0.717, 1.165) is 35.0 Å². The van der Waals surface area contributed by atoms with E-state index < -0.39 is 0 Å². The predicted molar refractivity (Wildman–Crippen MR) is 158 cm³/mol. The smallest absolute Gasteiger partial charge is 0.256 e. The van der Waals surface area contributed by atoms with Gasteiger partial charge in [-0.25, -0.2) is 4.98 Å². The largest absolute Gasteiger partial charge is 0.489 e. The van der Waals surface area contributed by atoms with Gasteiger partial charge in [-0.1, -0.05) is 116 Å². The predicted octanol–water partition coefficient (Wildman–Crippen LogP) is 6.95. The van der Waals surface area contributed by atoms with E-state index in [2.05, 4.69) is 29.7 Å². The zero-order valence-electron chi connectivity index (χ0n) is 22.1. The fourth-order valence-electron chi connectivity index (χ4n) is 4.74. The van der Waals surface area contributed by atoms with Gasteiger partial charge in [-0.2, -0.15) is 0 Å². The average molecular weight is 516 g/mol. The Morgan fingerprint density at radius 1 is 0.821 bits per heavy atom. The number of hydrogen-bond donors (Lipinski definition) is 2. The summed E-state index contributed by atoms with van der Waals surface area (Å²) in [6.45, 7) is 3.84. The van der Waals surface area contributed by atoms with E-state index in [4.69, 9.17) is 9.72 Å². The molecular weight excluding hydrogens is 482 g/mol. The molecule has 5 rings (SSSR count). The number of para-hydroxylation sites is 1. The van der Waals surface area contributed by atoms with Gasteiger partial charge in [0.25, 0.3) is 5.91 Å². The van der Waals surface area contributed by atoms with Crippen LogP contribution in [0.2, 0.25) is 0 Å². The minimum absolute atomic E-state index is 0.119. The van der Waals surface area contributed by atoms with Crippen molar-refractivity contribution in [3.63, 3.8) is 0 Å². The van der Waals surface area contributed by atoms with Gasteiger partial charge in [0.2, 0.25) is 0 Å². The highest BCUT2D eigenvalue weighted by atomic mass is 16.5. The molecule has 1 aromatic heterocycles. The Morgan fingerprint density at radius 2 is 1.46 bits per heavy atom. The summed E-state index contributed by atoms with van der Waals surface area (Å²) < 4.78 is 6.42. The van der Waals surface area contributed by atoms with Crippen molar-refractivity contribution in [1.29, 1.82) is 0 Å². The third-order valence-corrected chi connectivity index (χ3v) is 6.73. The lowest BCUT2D eigenvalue weighted by atomic mass is 10.00. The Kier molecular flexibility index (Phi) is 8.61. The van der Waals surface area contributed by atoms with Crippen LogP contribution in [0.5, 0.6) is 5.75 Å². The monoisotopic (exact) mass is 515 g/mol. The van der Waals surface area contributed by atoms with Crippen LogP contribution in [0.25, 0.3) is 22.2 Å². The molecule has 0 saturated heterocycles. The molecular formula is C34H33N3O2. The van der Waals surface area contributed by atoms with Crippen molar-refractivity contribution in [1.82, 2.24) is 15.6 Å². The van der Waals surface area contributed by atoms with Crippen LogP contribution in [0, 0.1) is 0 Å². The number of benzene rings is 4. The number of nitrogens with zero attached hydrogens (tertiary/aromatic N) is 1. The first kappa shape index (κ1) is 26.1. The van der Waals surface area contributed by atoms with E-state index in [1.807, 2.05) is 103 Å². The molecule has 0 saturated carbocycles. The maximum atomic E-state index is 14.0. The second-order valence-electron chi connectivity index (χ2n) is 9.40. The summed E-state index contributed by atoms with van der Waals surface area (Å²) >= 11 is 0. The van der Waals surface area contributed by atoms with Crippen LogP contribution >= 0.6 is 0 Å². The summed E-state index contributed by atoms with van der Waals surface area (Å²) in [5.41, 5.74) is 5.11. The second kappa shape index (κ2) is 12.9. The molecule has 0 aliphatic heterocycles. The van der Waals surface area contributed by atoms with Gasteiger partial charge in [0.1, 0.15) is 12.3 Å². The molecule has 5 aromatic rings. The van der Waals surface area contributed by atoms with E-state index in [9.17, 15) is 4.79 Å². The first-order valence-electron chi connectivity index (χ1n) is 13.5. The van der Waals surface area contributed by atoms with Gasteiger partial charge in [0.05, 0.1) is 17.1 Å². The van der Waals surface area contributed by atoms with Crippen LogP contribution in [-0.4, -0.2) is 24.0 Å². The number of rotatable bonds is 11. The summed E-state index contributed by atoms with van der Waals surface area (Å²) in [5, 5.41) is 7.47. The Hall–Kier alpha value is -4.48. The molecule has 1 heterocycles. The molecule has 196 valence electrons. The molecule has 1 unspecified atom stereocenters. The molecule has 39 heavy (non-hydrogen) atoms. The molecule has 4 aromatic carbocycles. The fraction of sp³-hybridized carbons (Fsp3) is 0.176. The zero-order chi connectivity index (χ0) is 26.9. The number of carbonyl (C=O) groups is 1. The average Bonchev–Trinajstić information content (AvgIpc) is 3.00.